The normalized spacial score (nSPS) is 13.4. The molecular weight excluding hydrogens is 291 g/mol. The molecular formula is C19H24FN2O+. The Hall–Kier alpha value is -2.20. The van der Waals surface area contributed by atoms with Crippen molar-refractivity contribution in [3.8, 4) is 0 Å². The van der Waals surface area contributed by atoms with Crippen LogP contribution in [0.1, 0.15) is 25.0 Å². The quantitative estimate of drug-likeness (QED) is 0.843. The number of likely N-dealkylation sites (N-methyl/N-ethyl adjacent to an activating group) is 1. The van der Waals surface area contributed by atoms with Crippen LogP contribution >= 0.6 is 0 Å². The molecule has 3 nitrogen and oxygen atoms in total. The first-order chi connectivity index (χ1) is 11.0. The van der Waals surface area contributed by atoms with Crippen LogP contribution in [0.3, 0.4) is 0 Å². The molecule has 0 saturated heterocycles. The minimum atomic E-state index is -0.311. The van der Waals surface area contributed by atoms with Crippen molar-refractivity contribution in [2.45, 2.75) is 32.9 Å². The summed E-state index contributed by atoms with van der Waals surface area (Å²) in [6, 6.07) is 14.1. The van der Waals surface area contributed by atoms with Gasteiger partial charge in [0.1, 0.15) is 12.4 Å². The van der Waals surface area contributed by atoms with Gasteiger partial charge >= 0.3 is 0 Å². The zero-order valence-electron chi connectivity index (χ0n) is 13.9. The average Bonchev–Trinajstić information content (AvgIpc) is 2.56. The smallest absolute Gasteiger partial charge is 0.282 e. The third kappa shape index (κ3) is 4.89. The summed E-state index contributed by atoms with van der Waals surface area (Å²) in [5.74, 6) is -0.381. The Morgan fingerprint density at radius 3 is 2.22 bits per heavy atom. The van der Waals surface area contributed by atoms with Crippen LogP contribution in [-0.2, 0) is 17.8 Å². The van der Waals surface area contributed by atoms with Gasteiger partial charge in [0.25, 0.3) is 5.91 Å². The Morgan fingerprint density at radius 1 is 1.09 bits per heavy atom. The molecule has 0 aliphatic heterocycles. The first-order valence-corrected chi connectivity index (χ1v) is 7.96. The van der Waals surface area contributed by atoms with Gasteiger partial charge in [-0.05, 0) is 43.2 Å². The molecule has 0 heterocycles. The number of quaternary nitrogens is 1. The number of nitrogens with one attached hydrogen (secondary N) is 2. The van der Waals surface area contributed by atoms with Crippen LogP contribution in [0, 0.1) is 5.82 Å². The van der Waals surface area contributed by atoms with E-state index < -0.39 is 0 Å². The fourth-order valence-corrected chi connectivity index (χ4v) is 2.38. The number of carbonyl (C=O) groups excluding carboxylic acids is 1. The van der Waals surface area contributed by atoms with Gasteiger partial charge in [-0.3, -0.25) is 4.79 Å². The second kappa shape index (κ2) is 7.88. The van der Waals surface area contributed by atoms with E-state index in [1.807, 2.05) is 14.0 Å². The van der Waals surface area contributed by atoms with Crippen molar-refractivity contribution in [3.63, 3.8) is 0 Å². The molecule has 122 valence electrons. The Balaban J connectivity index is 1.93. The van der Waals surface area contributed by atoms with Gasteiger partial charge in [-0.1, -0.05) is 31.2 Å². The summed E-state index contributed by atoms with van der Waals surface area (Å²) in [4.78, 5) is 13.4. The summed E-state index contributed by atoms with van der Waals surface area (Å²) >= 11 is 0. The van der Waals surface area contributed by atoms with Crippen molar-refractivity contribution >= 4 is 11.6 Å². The van der Waals surface area contributed by atoms with Gasteiger partial charge < -0.3 is 10.2 Å². The van der Waals surface area contributed by atoms with E-state index in [1.54, 1.807) is 12.1 Å². The molecule has 0 bridgehead atoms. The highest BCUT2D eigenvalue weighted by Gasteiger charge is 2.22. The molecule has 4 heteroatoms. The maximum Gasteiger partial charge on any atom is 0.282 e. The lowest BCUT2D eigenvalue weighted by Gasteiger charge is -2.21. The van der Waals surface area contributed by atoms with Crippen LogP contribution in [0.25, 0.3) is 0 Å². The molecule has 23 heavy (non-hydrogen) atoms. The van der Waals surface area contributed by atoms with Crippen LogP contribution in [-0.4, -0.2) is 19.0 Å². The van der Waals surface area contributed by atoms with E-state index >= 15 is 0 Å². The van der Waals surface area contributed by atoms with Crippen molar-refractivity contribution in [3.05, 3.63) is 65.5 Å². The number of halogens is 1. The minimum absolute atomic E-state index is 0.0701. The number of amides is 1. The molecule has 2 N–H and O–H groups in total. The topological polar surface area (TPSA) is 33.5 Å². The molecule has 1 amide bonds. The van der Waals surface area contributed by atoms with Crippen LogP contribution in [0.15, 0.2) is 48.5 Å². The Labute approximate surface area is 137 Å². The molecule has 0 fully saturated rings. The van der Waals surface area contributed by atoms with Gasteiger partial charge in [0, 0.05) is 11.3 Å². The van der Waals surface area contributed by atoms with Gasteiger partial charge in [-0.25, -0.2) is 4.39 Å². The average molecular weight is 315 g/mol. The maximum atomic E-state index is 12.9. The molecule has 2 atom stereocenters. The van der Waals surface area contributed by atoms with E-state index in [0.29, 0.717) is 5.69 Å². The third-order valence-corrected chi connectivity index (χ3v) is 4.16. The lowest BCUT2D eigenvalue weighted by atomic mass is 10.1. The number of carbonyl (C=O) groups is 1. The van der Waals surface area contributed by atoms with E-state index in [-0.39, 0.29) is 17.8 Å². The van der Waals surface area contributed by atoms with Gasteiger partial charge in [0.05, 0.1) is 7.05 Å². The monoisotopic (exact) mass is 315 g/mol. The van der Waals surface area contributed by atoms with Gasteiger partial charge in [-0.2, -0.15) is 0 Å². The number of hydrogen-bond acceptors (Lipinski definition) is 1. The number of rotatable bonds is 6. The summed E-state index contributed by atoms with van der Waals surface area (Å²) in [6.45, 7) is 4.81. The van der Waals surface area contributed by atoms with Crippen LogP contribution in [0.2, 0.25) is 0 Å². The number of benzene rings is 2. The molecule has 2 rings (SSSR count). The third-order valence-electron chi connectivity index (χ3n) is 4.16. The molecule has 0 radical (unpaired) electrons. The fourth-order valence-electron chi connectivity index (χ4n) is 2.38. The Bertz CT molecular complexity index is 637. The standard InChI is InChI=1S/C19H23FN2O/c1-4-15-5-7-16(8-6-15)13-22(3)14(2)19(23)21-18-11-9-17(20)10-12-18/h5-12,14H,4,13H2,1-3H3,(H,21,23)/p+1/t14-/m1/s1. The second-order valence-electron chi connectivity index (χ2n) is 5.91. The predicted molar refractivity (Wildman–Crippen MR) is 90.9 cm³/mol. The van der Waals surface area contributed by atoms with Gasteiger partial charge in [0.2, 0.25) is 0 Å². The zero-order valence-corrected chi connectivity index (χ0v) is 13.9. The van der Waals surface area contributed by atoms with E-state index in [4.69, 9.17) is 0 Å². The van der Waals surface area contributed by atoms with Crippen molar-refractivity contribution in [2.75, 3.05) is 12.4 Å². The molecule has 0 spiro atoms. The summed E-state index contributed by atoms with van der Waals surface area (Å²) in [5, 5.41) is 2.83. The van der Waals surface area contributed by atoms with Crippen LogP contribution < -0.4 is 10.2 Å². The highest BCUT2D eigenvalue weighted by Crippen LogP contribution is 2.08. The zero-order chi connectivity index (χ0) is 16.8. The number of anilines is 1. The van der Waals surface area contributed by atoms with Crippen molar-refractivity contribution in [2.24, 2.45) is 0 Å². The Kier molecular flexibility index (Phi) is 5.88. The van der Waals surface area contributed by atoms with Crippen LogP contribution in [0.4, 0.5) is 10.1 Å². The molecule has 0 aliphatic carbocycles. The summed E-state index contributed by atoms with van der Waals surface area (Å²) in [7, 11) is 2.00. The number of aryl methyl sites for hydroxylation is 1. The van der Waals surface area contributed by atoms with Crippen molar-refractivity contribution < 1.29 is 14.1 Å². The molecule has 0 aliphatic rings. The van der Waals surface area contributed by atoms with Gasteiger partial charge in [0.15, 0.2) is 6.04 Å². The summed E-state index contributed by atoms with van der Waals surface area (Å²) in [6.07, 6.45) is 1.03. The Morgan fingerprint density at radius 2 is 1.65 bits per heavy atom. The molecule has 2 aromatic rings. The molecule has 2 aromatic carbocycles. The second-order valence-corrected chi connectivity index (χ2v) is 5.91. The van der Waals surface area contributed by atoms with Crippen molar-refractivity contribution in [1.29, 1.82) is 0 Å². The summed E-state index contributed by atoms with van der Waals surface area (Å²) in [5.41, 5.74) is 3.14. The van der Waals surface area contributed by atoms with E-state index in [1.165, 1.54) is 23.3 Å². The first kappa shape index (κ1) is 17.2. The SMILES string of the molecule is CCc1ccc(C[NH+](C)[C@H](C)C(=O)Nc2ccc(F)cc2)cc1. The summed E-state index contributed by atoms with van der Waals surface area (Å²) < 4.78 is 12.9. The lowest BCUT2D eigenvalue weighted by molar-refractivity contribution is -0.907. The maximum absolute atomic E-state index is 12.9. The predicted octanol–water partition coefficient (Wildman–Crippen LogP) is 2.43. The van der Waals surface area contributed by atoms with E-state index in [9.17, 15) is 9.18 Å². The highest BCUT2D eigenvalue weighted by atomic mass is 19.1. The highest BCUT2D eigenvalue weighted by molar-refractivity contribution is 5.93. The molecule has 0 aromatic heterocycles. The first-order valence-electron chi connectivity index (χ1n) is 7.96. The molecule has 0 saturated carbocycles. The van der Waals surface area contributed by atoms with Crippen LogP contribution in [0.5, 0.6) is 0 Å². The van der Waals surface area contributed by atoms with E-state index in [0.717, 1.165) is 17.9 Å². The fraction of sp³-hybridized carbons (Fsp3) is 0.316. The largest absolute Gasteiger partial charge is 0.324 e. The van der Waals surface area contributed by atoms with E-state index in [2.05, 4.69) is 36.5 Å². The van der Waals surface area contributed by atoms with Crippen molar-refractivity contribution in [1.82, 2.24) is 0 Å². The number of hydrogen-bond donors (Lipinski definition) is 2. The molecule has 1 unspecified atom stereocenters. The minimum Gasteiger partial charge on any atom is -0.324 e. The lowest BCUT2D eigenvalue weighted by Crippen LogP contribution is -3.12. The van der Waals surface area contributed by atoms with Gasteiger partial charge in [-0.15, -0.1) is 0 Å².